The molecule has 0 saturated heterocycles. The van der Waals surface area contributed by atoms with Gasteiger partial charge in [0.1, 0.15) is 6.33 Å². The third-order valence-electron chi connectivity index (χ3n) is 2.45. The Morgan fingerprint density at radius 2 is 1.88 bits per heavy atom. The number of thiol groups is 1. The maximum Gasteiger partial charge on any atom is 0.187 e. The van der Waals surface area contributed by atoms with E-state index in [2.05, 4.69) is 27.6 Å². The number of imidazole rings is 1. The molecule has 0 spiro atoms. The van der Waals surface area contributed by atoms with Crippen LogP contribution in [0.2, 0.25) is 0 Å². The summed E-state index contributed by atoms with van der Waals surface area (Å²) in [6.45, 7) is 0. The zero-order chi connectivity index (χ0) is 11.8. The van der Waals surface area contributed by atoms with Gasteiger partial charge in [-0.3, -0.25) is 4.57 Å². The number of anilines is 1. The Morgan fingerprint density at radius 3 is 2.65 bits per heavy atom. The molecule has 0 aromatic heterocycles. The van der Waals surface area contributed by atoms with Crippen molar-refractivity contribution >= 4 is 18.4 Å². The molecule has 2 N–H and O–H groups in total. The summed E-state index contributed by atoms with van der Waals surface area (Å²) in [5.41, 5.74) is 7.28. The fourth-order valence-electron chi connectivity index (χ4n) is 1.68. The van der Waals surface area contributed by atoms with Crippen LogP contribution in [0.3, 0.4) is 0 Å². The largest absolute Gasteiger partial charge is 0.382 e. The molecule has 0 aliphatic carbocycles. The molecule has 2 aliphatic heterocycles. The first kappa shape index (κ1) is 10.1. The molecule has 84 valence electrons. The lowest BCUT2D eigenvalue weighted by Crippen LogP contribution is -2.06. The molecule has 0 bridgehead atoms. The van der Waals surface area contributed by atoms with Crippen molar-refractivity contribution in [2.75, 3.05) is 5.73 Å². The number of nitrogens with two attached hydrogens (primary N) is 1. The van der Waals surface area contributed by atoms with Crippen LogP contribution >= 0.6 is 12.6 Å². The van der Waals surface area contributed by atoms with Crippen molar-refractivity contribution in [3.63, 3.8) is 0 Å². The summed E-state index contributed by atoms with van der Waals surface area (Å²) < 4.78 is 1.83. The second-order valence-electron chi connectivity index (χ2n) is 3.53. The Hall–Kier alpha value is -2.08. The lowest BCUT2D eigenvalue weighted by Gasteiger charge is -2.10. The number of rotatable bonds is 1. The molecular weight excluding hydrogens is 234 g/mol. The summed E-state index contributed by atoms with van der Waals surface area (Å²) in [5, 5.41) is 0.393. The van der Waals surface area contributed by atoms with Crippen LogP contribution in [0.4, 0.5) is 5.82 Å². The monoisotopic (exact) mass is 243 g/mol. The minimum atomic E-state index is 0.361. The zero-order valence-corrected chi connectivity index (χ0v) is 9.67. The van der Waals surface area contributed by atoms with E-state index in [0.717, 1.165) is 5.69 Å². The predicted molar refractivity (Wildman–Crippen MR) is 67.4 cm³/mol. The van der Waals surface area contributed by atoms with Crippen molar-refractivity contribution in [1.29, 1.82) is 0 Å². The fourth-order valence-corrected chi connectivity index (χ4v) is 1.87. The number of nitrogen functional groups attached to an aromatic ring is 1. The highest BCUT2D eigenvalue weighted by Gasteiger charge is 2.17. The normalized spacial score (nSPS) is 10.9. The Morgan fingerprint density at radius 1 is 1.12 bits per heavy atom. The van der Waals surface area contributed by atoms with E-state index in [1.807, 2.05) is 34.9 Å². The van der Waals surface area contributed by atoms with Gasteiger partial charge in [0.05, 0.1) is 0 Å². The van der Waals surface area contributed by atoms with Gasteiger partial charge in [-0.2, -0.15) is 0 Å². The summed E-state index contributed by atoms with van der Waals surface area (Å²) >= 11 is 4.13. The molecule has 0 fully saturated rings. The third kappa shape index (κ3) is 1.62. The van der Waals surface area contributed by atoms with Gasteiger partial charge < -0.3 is 5.73 Å². The van der Waals surface area contributed by atoms with E-state index in [0.29, 0.717) is 22.5 Å². The summed E-state index contributed by atoms with van der Waals surface area (Å²) in [6, 6.07) is 9.77. The van der Waals surface area contributed by atoms with Gasteiger partial charge in [-0.1, -0.05) is 18.2 Å². The average Bonchev–Trinajstić information content (AvgIpc) is 2.73. The lowest BCUT2D eigenvalue weighted by atomic mass is 10.3. The van der Waals surface area contributed by atoms with Crippen LogP contribution in [-0.4, -0.2) is 19.5 Å². The number of nitrogens with zero attached hydrogens (tertiary/aromatic N) is 4. The molecule has 3 rings (SSSR count). The van der Waals surface area contributed by atoms with Crippen molar-refractivity contribution in [2.45, 2.75) is 5.16 Å². The van der Waals surface area contributed by atoms with Gasteiger partial charge in [0.2, 0.25) is 0 Å². The lowest BCUT2D eigenvalue weighted by molar-refractivity contribution is 0.956. The molecule has 5 nitrogen and oxygen atoms in total. The van der Waals surface area contributed by atoms with Crippen molar-refractivity contribution < 1.29 is 0 Å². The second-order valence-corrected chi connectivity index (χ2v) is 3.93. The second kappa shape index (κ2) is 3.74. The summed E-state index contributed by atoms with van der Waals surface area (Å²) in [7, 11) is 0. The Balaban J connectivity index is 2.29. The fraction of sp³-hybridized carbons (Fsp3) is 0. The summed E-state index contributed by atoms with van der Waals surface area (Å²) in [4.78, 5) is 12.5. The van der Waals surface area contributed by atoms with Crippen LogP contribution in [0, 0.1) is 0 Å². The van der Waals surface area contributed by atoms with E-state index in [1.165, 1.54) is 0 Å². The highest BCUT2D eigenvalue weighted by atomic mass is 32.1. The molecule has 0 amide bonds. The van der Waals surface area contributed by atoms with E-state index in [1.54, 1.807) is 6.33 Å². The van der Waals surface area contributed by atoms with E-state index >= 15 is 0 Å². The van der Waals surface area contributed by atoms with Gasteiger partial charge in [-0.05, 0) is 12.1 Å². The maximum absolute atomic E-state index is 5.76. The Bertz CT molecular complexity index is 634. The van der Waals surface area contributed by atoms with Gasteiger partial charge in [0.25, 0.3) is 0 Å². The molecule has 2 heterocycles. The number of aromatic nitrogens is 4. The third-order valence-corrected chi connectivity index (χ3v) is 2.65. The first-order chi connectivity index (χ1) is 8.25. The topological polar surface area (TPSA) is 69.6 Å². The highest BCUT2D eigenvalue weighted by Crippen LogP contribution is 2.26. The van der Waals surface area contributed by atoms with Gasteiger partial charge in [0.15, 0.2) is 22.5 Å². The number of hydrogen-bond acceptors (Lipinski definition) is 5. The van der Waals surface area contributed by atoms with E-state index < -0.39 is 0 Å². The van der Waals surface area contributed by atoms with Crippen molar-refractivity contribution in [1.82, 2.24) is 19.5 Å². The Kier molecular flexibility index (Phi) is 2.22. The summed E-state index contributed by atoms with van der Waals surface area (Å²) in [6.07, 6.45) is 1.63. The highest BCUT2D eigenvalue weighted by molar-refractivity contribution is 7.80. The molecule has 0 saturated carbocycles. The van der Waals surface area contributed by atoms with Crippen LogP contribution < -0.4 is 5.73 Å². The smallest absolute Gasteiger partial charge is 0.187 e. The number of benzene rings is 1. The molecule has 6 heteroatoms. The molecule has 0 atom stereocenters. The first-order valence-electron chi connectivity index (χ1n) is 5.00. The van der Waals surface area contributed by atoms with Gasteiger partial charge in [-0.25, -0.2) is 15.0 Å². The number of para-hydroxylation sites is 1. The van der Waals surface area contributed by atoms with Gasteiger partial charge in [-0.15, -0.1) is 12.6 Å². The van der Waals surface area contributed by atoms with Crippen LogP contribution in [0.5, 0.6) is 0 Å². The first-order valence-corrected chi connectivity index (χ1v) is 5.45. The number of fused-ring (bicyclic) bond motifs is 1. The van der Waals surface area contributed by atoms with Gasteiger partial charge in [0, 0.05) is 5.69 Å². The predicted octanol–water partition coefficient (Wildman–Crippen LogP) is 1.64. The van der Waals surface area contributed by atoms with E-state index in [9.17, 15) is 0 Å². The number of hydrogen-bond donors (Lipinski definition) is 2. The molecule has 0 radical (unpaired) electrons. The van der Waals surface area contributed by atoms with E-state index in [-0.39, 0.29) is 0 Å². The molecule has 1 aromatic carbocycles. The van der Waals surface area contributed by atoms with Crippen LogP contribution in [0.1, 0.15) is 0 Å². The molecular formula is C11H9N5S. The zero-order valence-electron chi connectivity index (χ0n) is 8.78. The van der Waals surface area contributed by atoms with E-state index in [4.69, 9.17) is 5.73 Å². The molecule has 17 heavy (non-hydrogen) atoms. The average molecular weight is 243 g/mol. The SMILES string of the molecule is Nc1ncn(-c2ccccc2)c2nc(S)nc1-2. The minimum Gasteiger partial charge on any atom is -0.382 e. The summed E-state index contributed by atoms with van der Waals surface area (Å²) in [5.74, 6) is 1.02. The molecule has 0 unspecified atom stereocenters. The Labute approximate surface area is 103 Å². The maximum atomic E-state index is 5.76. The standard InChI is InChI=1S/C11H9N5S/c12-9-8-10(15-11(17)14-8)16(6-13-9)7-4-2-1-3-5-7/h1-6H,12H2,(H,14,17). The van der Waals surface area contributed by atoms with Crippen LogP contribution in [0.25, 0.3) is 17.2 Å². The van der Waals surface area contributed by atoms with Crippen molar-refractivity contribution in [3.8, 4) is 17.2 Å². The van der Waals surface area contributed by atoms with Gasteiger partial charge >= 0.3 is 0 Å². The molecule has 2 aliphatic rings. The van der Waals surface area contributed by atoms with Crippen LogP contribution in [0.15, 0.2) is 41.8 Å². The van der Waals surface area contributed by atoms with Crippen LogP contribution in [-0.2, 0) is 0 Å². The van der Waals surface area contributed by atoms with Crippen molar-refractivity contribution in [3.05, 3.63) is 36.7 Å². The van der Waals surface area contributed by atoms with Crippen molar-refractivity contribution in [2.24, 2.45) is 0 Å². The minimum absolute atomic E-state index is 0.361. The molecule has 1 aromatic rings. The quantitative estimate of drug-likeness (QED) is 0.637.